The fraction of sp³-hybridized carbons (Fsp3) is 0.273. The molecular weight excluding hydrogens is 218 g/mol. The first kappa shape index (κ1) is 11.3. The van der Waals surface area contributed by atoms with Gasteiger partial charge in [0, 0.05) is 26.5 Å². The van der Waals surface area contributed by atoms with Crippen LogP contribution < -0.4 is 5.32 Å². The maximum atomic E-state index is 11.4. The SMILES string of the molecule is CN(C)C(=O)CNc1ccc2nccnc2n1. The maximum absolute atomic E-state index is 11.4. The molecule has 0 aliphatic heterocycles. The lowest BCUT2D eigenvalue weighted by Crippen LogP contribution is -2.28. The normalized spacial score (nSPS) is 10.2. The molecule has 0 spiro atoms. The zero-order valence-electron chi connectivity index (χ0n) is 9.71. The van der Waals surface area contributed by atoms with Crippen molar-refractivity contribution in [3.8, 4) is 0 Å². The highest BCUT2D eigenvalue weighted by Gasteiger charge is 2.04. The van der Waals surface area contributed by atoms with E-state index in [-0.39, 0.29) is 12.5 Å². The Labute approximate surface area is 98.7 Å². The third-order valence-corrected chi connectivity index (χ3v) is 2.25. The van der Waals surface area contributed by atoms with Gasteiger partial charge in [0.15, 0.2) is 5.65 Å². The van der Waals surface area contributed by atoms with E-state index < -0.39 is 0 Å². The molecule has 6 nitrogen and oxygen atoms in total. The Balaban J connectivity index is 2.12. The number of rotatable bonds is 3. The number of fused-ring (bicyclic) bond motifs is 1. The summed E-state index contributed by atoms with van der Waals surface area (Å²) in [6, 6.07) is 3.59. The molecule has 88 valence electrons. The molecule has 1 N–H and O–H groups in total. The molecule has 0 aliphatic carbocycles. The molecule has 0 aliphatic rings. The molecule has 2 rings (SSSR count). The van der Waals surface area contributed by atoms with Crippen molar-refractivity contribution in [2.75, 3.05) is 26.0 Å². The summed E-state index contributed by atoms with van der Waals surface area (Å²) in [6.07, 6.45) is 3.21. The molecule has 2 aromatic rings. The Bertz CT molecular complexity index is 540. The van der Waals surface area contributed by atoms with Gasteiger partial charge in [0.2, 0.25) is 5.91 Å². The lowest BCUT2D eigenvalue weighted by atomic mass is 10.4. The van der Waals surface area contributed by atoms with Crippen molar-refractivity contribution in [3.63, 3.8) is 0 Å². The lowest BCUT2D eigenvalue weighted by Gasteiger charge is -2.11. The van der Waals surface area contributed by atoms with E-state index in [4.69, 9.17) is 0 Å². The first-order chi connectivity index (χ1) is 8.16. The molecule has 6 heteroatoms. The summed E-state index contributed by atoms with van der Waals surface area (Å²) in [6.45, 7) is 0.214. The molecule has 0 radical (unpaired) electrons. The number of carbonyl (C=O) groups is 1. The first-order valence-electron chi connectivity index (χ1n) is 5.18. The Morgan fingerprint density at radius 1 is 1.29 bits per heavy atom. The number of nitrogens with one attached hydrogen (secondary N) is 1. The number of hydrogen-bond acceptors (Lipinski definition) is 5. The zero-order chi connectivity index (χ0) is 12.3. The third kappa shape index (κ3) is 2.66. The summed E-state index contributed by atoms with van der Waals surface area (Å²) in [5, 5.41) is 2.95. The molecule has 0 unspecified atom stereocenters. The second-order valence-electron chi connectivity index (χ2n) is 3.74. The highest BCUT2D eigenvalue weighted by molar-refractivity contribution is 5.80. The first-order valence-corrected chi connectivity index (χ1v) is 5.18. The van der Waals surface area contributed by atoms with Gasteiger partial charge in [0.1, 0.15) is 11.3 Å². The van der Waals surface area contributed by atoms with Crippen molar-refractivity contribution in [2.24, 2.45) is 0 Å². The maximum Gasteiger partial charge on any atom is 0.241 e. The monoisotopic (exact) mass is 231 g/mol. The third-order valence-electron chi connectivity index (χ3n) is 2.25. The predicted molar refractivity (Wildman–Crippen MR) is 64.5 cm³/mol. The van der Waals surface area contributed by atoms with E-state index in [1.807, 2.05) is 6.07 Å². The number of likely N-dealkylation sites (N-methyl/N-ethyl adjacent to an activating group) is 1. The van der Waals surface area contributed by atoms with Crippen LogP contribution in [0.1, 0.15) is 0 Å². The van der Waals surface area contributed by atoms with Crippen molar-refractivity contribution in [3.05, 3.63) is 24.5 Å². The van der Waals surface area contributed by atoms with E-state index in [9.17, 15) is 4.79 Å². The second kappa shape index (κ2) is 4.73. The number of amides is 1. The topological polar surface area (TPSA) is 71.0 Å². The molecule has 0 bridgehead atoms. The van der Waals surface area contributed by atoms with E-state index >= 15 is 0 Å². The minimum absolute atomic E-state index is 0.00829. The zero-order valence-corrected chi connectivity index (χ0v) is 9.71. The quantitative estimate of drug-likeness (QED) is 0.834. The molecule has 17 heavy (non-hydrogen) atoms. The second-order valence-corrected chi connectivity index (χ2v) is 3.74. The van der Waals surface area contributed by atoms with E-state index in [0.29, 0.717) is 11.5 Å². The summed E-state index contributed by atoms with van der Waals surface area (Å²) in [4.78, 5) is 25.4. The fourth-order valence-electron chi connectivity index (χ4n) is 1.28. The van der Waals surface area contributed by atoms with Crippen molar-refractivity contribution < 1.29 is 4.79 Å². The molecule has 2 heterocycles. The van der Waals surface area contributed by atoms with Crippen molar-refractivity contribution >= 4 is 22.9 Å². The summed E-state index contributed by atoms with van der Waals surface area (Å²) in [5.41, 5.74) is 1.30. The molecule has 0 aromatic carbocycles. The van der Waals surface area contributed by atoms with Crippen LogP contribution in [-0.2, 0) is 4.79 Å². The van der Waals surface area contributed by atoms with Gasteiger partial charge in [0.05, 0.1) is 6.54 Å². The summed E-state index contributed by atoms with van der Waals surface area (Å²) >= 11 is 0. The number of anilines is 1. The summed E-state index contributed by atoms with van der Waals surface area (Å²) in [7, 11) is 3.42. The summed E-state index contributed by atoms with van der Waals surface area (Å²) < 4.78 is 0. The van der Waals surface area contributed by atoms with Gasteiger partial charge in [-0.25, -0.2) is 9.97 Å². The van der Waals surface area contributed by atoms with Crippen LogP contribution >= 0.6 is 0 Å². The van der Waals surface area contributed by atoms with Crippen LogP contribution in [0.15, 0.2) is 24.5 Å². The van der Waals surface area contributed by atoms with Crippen LogP contribution in [0.25, 0.3) is 11.2 Å². The highest BCUT2D eigenvalue weighted by atomic mass is 16.2. The standard InChI is InChI=1S/C11H13N5O/c1-16(2)10(17)7-14-9-4-3-8-11(15-9)13-6-5-12-8/h3-6H,7H2,1-2H3,(H,13,14,15). The van der Waals surface area contributed by atoms with Gasteiger partial charge in [-0.3, -0.25) is 9.78 Å². The van der Waals surface area contributed by atoms with Crippen LogP contribution in [0, 0.1) is 0 Å². The highest BCUT2D eigenvalue weighted by Crippen LogP contribution is 2.09. The van der Waals surface area contributed by atoms with E-state index in [2.05, 4.69) is 20.3 Å². The predicted octanol–water partition coefficient (Wildman–Crippen LogP) is 0.525. The number of hydrogen-bond donors (Lipinski definition) is 1. The van der Waals surface area contributed by atoms with Gasteiger partial charge in [-0.05, 0) is 12.1 Å². The van der Waals surface area contributed by atoms with Crippen LogP contribution in [-0.4, -0.2) is 46.4 Å². The Kier molecular flexibility index (Phi) is 3.13. The summed E-state index contributed by atoms with van der Waals surface area (Å²) in [5.74, 6) is 0.610. The fourth-order valence-corrected chi connectivity index (χ4v) is 1.28. The Morgan fingerprint density at radius 2 is 2.06 bits per heavy atom. The average molecular weight is 231 g/mol. The van der Waals surface area contributed by atoms with Gasteiger partial charge < -0.3 is 10.2 Å². The van der Waals surface area contributed by atoms with Crippen LogP contribution in [0.5, 0.6) is 0 Å². The number of aromatic nitrogens is 3. The van der Waals surface area contributed by atoms with E-state index in [1.165, 1.54) is 4.90 Å². The average Bonchev–Trinajstić information content (AvgIpc) is 2.35. The molecule has 1 amide bonds. The minimum Gasteiger partial charge on any atom is -0.361 e. The van der Waals surface area contributed by atoms with Crippen LogP contribution in [0.3, 0.4) is 0 Å². The Morgan fingerprint density at radius 3 is 2.82 bits per heavy atom. The number of pyridine rings is 1. The number of nitrogens with zero attached hydrogens (tertiary/aromatic N) is 4. The van der Waals surface area contributed by atoms with Gasteiger partial charge in [0.25, 0.3) is 0 Å². The minimum atomic E-state index is -0.00829. The lowest BCUT2D eigenvalue weighted by molar-refractivity contribution is -0.126. The van der Waals surface area contributed by atoms with Gasteiger partial charge >= 0.3 is 0 Å². The number of carbonyl (C=O) groups excluding carboxylic acids is 1. The molecule has 0 saturated carbocycles. The molecule has 0 saturated heterocycles. The van der Waals surface area contributed by atoms with E-state index in [0.717, 1.165) is 5.52 Å². The van der Waals surface area contributed by atoms with Crippen LogP contribution in [0.4, 0.5) is 5.82 Å². The van der Waals surface area contributed by atoms with E-state index in [1.54, 1.807) is 32.6 Å². The smallest absolute Gasteiger partial charge is 0.241 e. The molecule has 0 fully saturated rings. The van der Waals surface area contributed by atoms with Crippen molar-refractivity contribution in [1.29, 1.82) is 0 Å². The van der Waals surface area contributed by atoms with Crippen molar-refractivity contribution in [1.82, 2.24) is 19.9 Å². The van der Waals surface area contributed by atoms with Gasteiger partial charge in [-0.1, -0.05) is 0 Å². The molecular formula is C11H13N5O. The largest absolute Gasteiger partial charge is 0.361 e. The molecule has 0 atom stereocenters. The van der Waals surface area contributed by atoms with Gasteiger partial charge in [-0.15, -0.1) is 0 Å². The van der Waals surface area contributed by atoms with Crippen LogP contribution in [0.2, 0.25) is 0 Å². The van der Waals surface area contributed by atoms with Crippen molar-refractivity contribution in [2.45, 2.75) is 0 Å². The molecule has 2 aromatic heterocycles. The Hall–Kier alpha value is -2.24. The van der Waals surface area contributed by atoms with Gasteiger partial charge in [-0.2, -0.15) is 0 Å².